The minimum Gasteiger partial charge on any atom is -0.451 e. The first kappa shape index (κ1) is 26.5. The topological polar surface area (TPSA) is 93.6 Å². The van der Waals surface area contributed by atoms with Gasteiger partial charge in [-0.2, -0.15) is 0 Å². The molecule has 2 saturated carbocycles. The van der Waals surface area contributed by atoms with Gasteiger partial charge >= 0.3 is 5.97 Å². The Morgan fingerprint density at radius 3 is 2.36 bits per heavy atom. The molecule has 0 radical (unpaired) electrons. The SMILES string of the molecule is C[C@H](OC(=O)c1cc(-c2cccc(N3C(=O)[C@H]4[C@@H]5CC[C@H](C5)[C@@H]4C3=O)c2)nc2ccccc12)C(=O)c1cccc(Cl)c1. The van der Waals surface area contributed by atoms with Crippen LogP contribution in [0.25, 0.3) is 22.2 Å². The van der Waals surface area contributed by atoms with Gasteiger partial charge < -0.3 is 4.74 Å². The zero-order valence-electron chi connectivity index (χ0n) is 22.8. The number of aromatic nitrogens is 1. The summed E-state index contributed by atoms with van der Waals surface area (Å²) < 4.78 is 5.64. The molecule has 210 valence electrons. The molecular weight excluding hydrogens is 552 g/mol. The second kappa shape index (κ2) is 10.2. The van der Waals surface area contributed by atoms with E-state index < -0.39 is 12.1 Å². The Bertz CT molecular complexity index is 1770. The number of halogens is 1. The monoisotopic (exact) mass is 578 g/mol. The molecule has 8 heteroatoms. The number of imide groups is 1. The Hall–Kier alpha value is -4.36. The van der Waals surface area contributed by atoms with Crippen molar-refractivity contribution in [2.75, 3.05) is 4.90 Å². The number of esters is 1. The summed E-state index contributed by atoms with van der Waals surface area (Å²) >= 11 is 6.04. The Labute approximate surface area is 247 Å². The first-order valence-corrected chi connectivity index (χ1v) is 14.6. The fourth-order valence-corrected chi connectivity index (χ4v) is 7.30. The van der Waals surface area contributed by atoms with Gasteiger partial charge in [0.15, 0.2) is 6.10 Å². The fraction of sp³-hybridized carbons (Fsp3) is 0.265. The maximum absolute atomic E-state index is 13.5. The van der Waals surface area contributed by atoms with Crippen molar-refractivity contribution in [3.05, 3.63) is 95.0 Å². The number of nitrogens with zero attached hydrogens (tertiary/aromatic N) is 2. The molecule has 1 saturated heterocycles. The third-order valence-corrected chi connectivity index (χ3v) is 9.26. The van der Waals surface area contributed by atoms with E-state index in [0.29, 0.717) is 50.3 Å². The molecule has 3 aromatic carbocycles. The molecule has 2 amide bonds. The number of pyridine rings is 1. The van der Waals surface area contributed by atoms with Crippen molar-refractivity contribution < 1.29 is 23.9 Å². The van der Waals surface area contributed by atoms with Crippen LogP contribution in [0.2, 0.25) is 5.02 Å². The summed E-state index contributed by atoms with van der Waals surface area (Å²) in [6, 6.07) is 22.5. The molecule has 7 nitrogen and oxygen atoms in total. The smallest absolute Gasteiger partial charge is 0.339 e. The first-order chi connectivity index (χ1) is 20.3. The van der Waals surface area contributed by atoms with Gasteiger partial charge in [0.05, 0.1) is 34.3 Å². The molecule has 42 heavy (non-hydrogen) atoms. The van der Waals surface area contributed by atoms with Crippen LogP contribution in [0, 0.1) is 23.7 Å². The number of amides is 2. The number of hydrogen-bond acceptors (Lipinski definition) is 6. The van der Waals surface area contributed by atoms with Crippen LogP contribution in [-0.4, -0.2) is 34.7 Å². The fourth-order valence-electron chi connectivity index (χ4n) is 7.11. The largest absolute Gasteiger partial charge is 0.451 e. The lowest BCUT2D eigenvalue weighted by Crippen LogP contribution is -2.32. The summed E-state index contributed by atoms with van der Waals surface area (Å²) in [4.78, 5) is 59.4. The van der Waals surface area contributed by atoms with E-state index in [2.05, 4.69) is 0 Å². The third-order valence-electron chi connectivity index (χ3n) is 9.03. The summed E-state index contributed by atoms with van der Waals surface area (Å²) in [6.45, 7) is 1.53. The van der Waals surface area contributed by atoms with Crippen LogP contribution in [-0.2, 0) is 14.3 Å². The highest BCUT2D eigenvalue weighted by Gasteiger charge is 2.61. The predicted molar refractivity (Wildman–Crippen MR) is 158 cm³/mol. The first-order valence-electron chi connectivity index (χ1n) is 14.2. The highest BCUT2D eigenvalue weighted by Crippen LogP contribution is 2.56. The molecule has 2 heterocycles. The van der Waals surface area contributed by atoms with Crippen LogP contribution >= 0.6 is 11.6 Å². The van der Waals surface area contributed by atoms with Gasteiger partial charge in [0.2, 0.25) is 17.6 Å². The molecule has 3 fully saturated rings. The van der Waals surface area contributed by atoms with E-state index in [1.807, 2.05) is 12.1 Å². The number of ketones is 1. The molecule has 5 atom stereocenters. The van der Waals surface area contributed by atoms with Crippen molar-refractivity contribution in [1.82, 2.24) is 4.98 Å². The summed E-state index contributed by atoms with van der Waals surface area (Å²) in [5, 5.41) is 0.997. The van der Waals surface area contributed by atoms with Crippen LogP contribution in [0.15, 0.2) is 78.9 Å². The number of benzene rings is 3. The van der Waals surface area contributed by atoms with Crippen LogP contribution < -0.4 is 4.90 Å². The average Bonchev–Trinajstić information content (AvgIpc) is 3.69. The van der Waals surface area contributed by atoms with Crippen molar-refractivity contribution in [2.45, 2.75) is 32.3 Å². The minimum atomic E-state index is -1.04. The summed E-state index contributed by atoms with van der Waals surface area (Å²) in [6.07, 6.45) is 1.96. The number of rotatable bonds is 6. The van der Waals surface area contributed by atoms with Gasteiger partial charge in [-0.15, -0.1) is 0 Å². The average molecular weight is 579 g/mol. The molecule has 4 aromatic rings. The number of carbonyl (C=O) groups is 4. The Morgan fingerprint density at radius 2 is 1.62 bits per heavy atom. The highest BCUT2D eigenvalue weighted by atomic mass is 35.5. The number of hydrogen-bond donors (Lipinski definition) is 0. The van der Waals surface area contributed by atoms with Gasteiger partial charge in [0, 0.05) is 21.5 Å². The van der Waals surface area contributed by atoms with Crippen molar-refractivity contribution >= 4 is 51.8 Å². The van der Waals surface area contributed by atoms with Crippen molar-refractivity contribution in [3.8, 4) is 11.3 Å². The molecule has 2 aliphatic carbocycles. The maximum Gasteiger partial charge on any atom is 0.339 e. The van der Waals surface area contributed by atoms with Gasteiger partial charge in [-0.3, -0.25) is 19.3 Å². The van der Waals surface area contributed by atoms with Gasteiger partial charge in [0.1, 0.15) is 0 Å². The molecular formula is C34H27ClN2O5. The predicted octanol–water partition coefficient (Wildman–Crippen LogP) is 6.52. The Kier molecular flexibility index (Phi) is 6.43. The lowest BCUT2D eigenvalue weighted by atomic mass is 9.81. The molecule has 1 aromatic heterocycles. The van der Waals surface area contributed by atoms with Gasteiger partial charge in [0.25, 0.3) is 0 Å². The Morgan fingerprint density at radius 1 is 0.905 bits per heavy atom. The zero-order valence-corrected chi connectivity index (χ0v) is 23.6. The molecule has 0 N–H and O–H groups in total. The number of anilines is 1. The molecule has 0 unspecified atom stereocenters. The van der Waals surface area contributed by atoms with Crippen LogP contribution in [0.3, 0.4) is 0 Å². The van der Waals surface area contributed by atoms with E-state index in [9.17, 15) is 19.2 Å². The molecule has 3 aliphatic rings. The summed E-state index contributed by atoms with van der Waals surface area (Å²) in [5.41, 5.74) is 2.82. The number of fused-ring (bicyclic) bond motifs is 6. The van der Waals surface area contributed by atoms with E-state index in [-0.39, 0.29) is 35.0 Å². The maximum atomic E-state index is 13.5. The molecule has 2 bridgehead atoms. The van der Waals surface area contributed by atoms with Gasteiger partial charge in [-0.25, -0.2) is 9.78 Å². The lowest BCUT2D eigenvalue weighted by molar-refractivity contribution is -0.123. The zero-order chi connectivity index (χ0) is 29.1. The lowest BCUT2D eigenvalue weighted by Gasteiger charge is -2.19. The van der Waals surface area contributed by atoms with Gasteiger partial charge in [-0.1, -0.05) is 54.1 Å². The second-order valence-electron chi connectivity index (χ2n) is 11.4. The number of ether oxygens (including phenoxy) is 1. The summed E-state index contributed by atoms with van der Waals surface area (Å²) in [7, 11) is 0. The van der Waals surface area contributed by atoms with Crippen LogP contribution in [0.4, 0.5) is 5.69 Å². The second-order valence-corrected chi connectivity index (χ2v) is 11.9. The van der Waals surface area contributed by atoms with E-state index in [0.717, 1.165) is 19.3 Å². The number of Topliss-reactive ketones (excluding diaryl/α,β-unsaturated/α-hetero) is 1. The highest BCUT2D eigenvalue weighted by molar-refractivity contribution is 6.31. The molecule has 1 aliphatic heterocycles. The van der Waals surface area contributed by atoms with E-state index >= 15 is 0 Å². The molecule has 0 spiro atoms. The van der Waals surface area contributed by atoms with E-state index in [4.69, 9.17) is 21.3 Å². The quantitative estimate of drug-likeness (QED) is 0.147. The standard InChI is InChI=1S/C34H27ClN2O5/c1-18(31(38)22-7-4-8-23(35)15-22)42-34(41)26-17-28(36-27-11-3-2-10-25(26)27)19-6-5-9-24(16-19)37-32(39)29-20-12-13-21(14-20)30(29)33(37)40/h2-11,15-18,20-21,29-30H,12-14H2,1H3/t18-,20+,21+,29-,30-/m0/s1. The van der Waals surface area contributed by atoms with Crippen LogP contribution in [0.1, 0.15) is 46.9 Å². The van der Waals surface area contributed by atoms with E-state index in [1.165, 1.54) is 17.9 Å². The number of carbonyl (C=O) groups excluding carboxylic acids is 4. The normalized spacial score (nSPS) is 23.3. The van der Waals surface area contributed by atoms with Gasteiger partial charge in [-0.05, 0) is 74.4 Å². The minimum absolute atomic E-state index is 0.108. The molecule has 7 rings (SSSR count). The van der Waals surface area contributed by atoms with Crippen molar-refractivity contribution in [3.63, 3.8) is 0 Å². The third kappa shape index (κ3) is 4.31. The summed E-state index contributed by atoms with van der Waals surface area (Å²) in [5.74, 6) is -1.07. The van der Waals surface area contributed by atoms with Crippen molar-refractivity contribution in [1.29, 1.82) is 0 Å². The van der Waals surface area contributed by atoms with Crippen LogP contribution in [0.5, 0.6) is 0 Å². The van der Waals surface area contributed by atoms with E-state index in [1.54, 1.807) is 60.7 Å². The number of para-hydroxylation sites is 1. The van der Waals surface area contributed by atoms with Crippen molar-refractivity contribution in [2.24, 2.45) is 23.7 Å². The Balaban J connectivity index is 1.21.